The van der Waals surface area contributed by atoms with Gasteiger partial charge in [-0.05, 0) is 19.8 Å². The van der Waals surface area contributed by atoms with Crippen LogP contribution in [0, 0.1) is 0 Å². The molecule has 1 aliphatic rings. The first-order valence-corrected chi connectivity index (χ1v) is 5.86. The molecule has 1 aliphatic heterocycles. The predicted molar refractivity (Wildman–Crippen MR) is 50.3 cm³/mol. The van der Waals surface area contributed by atoms with Gasteiger partial charge in [0.1, 0.15) is 9.84 Å². The molecule has 0 bridgehead atoms. The molecule has 0 aromatic carbocycles. The molecule has 1 N–H and O–H groups in total. The van der Waals surface area contributed by atoms with E-state index in [1.54, 1.807) is 6.92 Å². The maximum atomic E-state index is 10.4. The molecule has 0 radical (unpaired) electrons. The lowest BCUT2D eigenvalue weighted by Crippen LogP contribution is -1.98. The van der Waals surface area contributed by atoms with E-state index in [0.29, 0.717) is 11.5 Å². The Morgan fingerprint density at radius 2 is 1.77 bits per heavy atom. The van der Waals surface area contributed by atoms with Crippen LogP contribution in [0.5, 0.6) is 0 Å². The molecule has 5 heteroatoms. The first-order chi connectivity index (χ1) is 5.98. The molecule has 4 nitrogen and oxygen atoms in total. The molecule has 1 saturated heterocycles. The van der Waals surface area contributed by atoms with Gasteiger partial charge in [-0.1, -0.05) is 6.08 Å². The van der Waals surface area contributed by atoms with E-state index in [1.807, 2.05) is 0 Å². The summed E-state index contributed by atoms with van der Waals surface area (Å²) in [5.74, 6) is -0.0440. The second kappa shape index (κ2) is 5.75. The number of carbonyl (C=O) groups is 1. The number of carboxylic acid groups (broad SMARTS) is 1. The van der Waals surface area contributed by atoms with Crippen molar-refractivity contribution in [2.75, 3.05) is 11.5 Å². The zero-order chi connectivity index (χ0) is 10.3. The van der Waals surface area contributed by atoms with Gasteiger partial charge in [-0.25, -0.2) is 13.2 Å². The fourth-order valence-electron chi connectivity index (χ4n) is 0.889. The molecule has 0 aromatic rings. The van der Waals surface area contributed by atoms with Crippen molar-refractivity contribution in [1.29, 1.82) is 0 Å². The topological polar surface area (TPSA) is 71.4 Å². The van der Waals surface area contributed by atoms with E-state index in [0.717, 1.165) is 18.9 Å². The maximum absolute atomic E-state index is 10.4. The van der Waals surface area contributed by atoms with Crippen molar-refractivity contribution in [3.8, 4) is 0 Å². The number of sulfone groups is 1. The van der Waals surface area contributed by atoms with Crippen LogP contribution in [-0.4, -0.2) is 31.0 Å². The van der Waals surface area contributed by atoms with Gasteiger partial charge >= 0.3 is 5.97 Å². The minimum atomic E-state index is -2.55. The van der Waals surface area contributed by atoms with Gasteiger partial charge < -0.3 is 5.11 Å². The third-order valence-corrected chi connectivity index (χ3v) is 3.29. The number of hydrogen-bond donors (Lipinski definition) is 1. The molecule has 0 aromatic heterocycles. The van der Waals surface area contributed by atoms with Crippen LogP contribution in [-0.2, 0) is 14.6 Å². The molecule has 0 atom stereocenters. The van der Waals surface area contributed by atoms with E-state index >= 15 is 0 Å². The van der Waals surface area contributed by atoms with Gasteiger partial charge in [0.2, 0.25) is 0 Å². The lowest BCUT2D eigenvalue weighted by molar-refractivity contribution is -0.131. The van der Waals surface area contributed by atoms with Gasteiger partial charge in [0, 0.05) is 6.08 Å². The number of aliphatic carboxylic acids is 1. The van der Waals surface area contributed by atoms with E-state index < -0.39 is 15.8 Å². The van der Waals surface area contributed by atoms with Gasteiger partial charge in [0.15, 0.2) is 0 Å². The molecule has 0 aliphatic carbocycles. The average molecular weight is 206 g/mol. The summed E-state index contributed by atoms with van der Waals surface area (Å²) in [6.45, 7) is 1.66. The summed E-state index contributed by atoms with van der Waals surface area (Å²) in [4.78, 5) is 9.51. The third kappa shape index (κ3) is 7.52. The minimum absolute atomic E-state index is 0.424. The number of hydrogen-bond acceptors (Lipinski definition) is 3. The highest BCUT2D eigenvalue weighted by Crippen LogP contribution is 2.08. The molecule has 0 spiro atoms. The Balaban J connectivity index is 0.000000226. The third-order valence-electron chi connectivity index (χ3n) is 1.47. The summed E-state index contributed by atoms with van der Waals surface area (Å²) in [6.07, 6.45) is 4.31. The smallest absolute Gasteiger partial charge is 0.327 e. The van der Waals surface area contributed by atoms with Gasteiger partial charge in [-0.15, -0.1) is 0 Å². The molecule has 1 fully saturated rings. The van der Waals surface area contributed by atoms with E-state index in [9.17, 15) is 13.2 Å². The molecule has 1 rings (SSSR count). The second-order valence-corrected chi connectivity index (χ2v) is 5.00. The van der Waals surface area contributed by atoms with Crippen molar-refractivity contribution in [3.63, 3.8) is 0 Å². The highest BCUT2D eigenvalue weighted by atomic mass is 32.2. The maximum Gasteiger partial charge on any atom is 0.327 e. The Bertz CT molecular complexity index is 265. The van der Waals surface area contributed by atoms with E-state index in [-0.39, 0.29) is 0 Å². The van der Waals surface area contributed by atoms with Gasteiger partial charge in [0.05, 0.1) is 11.5 Å². The van der Waals surface area contributed by atoms with Gasteiger partial charge in [-0.2, -0.15) is 0 Å². The average Bonchev–Trinajstić information content (AvgIpc) is 2.35. The summed E-state index contributed by atoms with van der Waals surface area (Å²) in [5.41, 5.74) is 0. The number of rotatable bonds is 1. The van der Waals surface area contributed by atoms with Crippen molar-refractivity contribution in [2.45, 2.75) is 19.8 Å². The molecule has 1 heterocycles. The van der Waals surface area contributed by atoms with E-state index in [4.69, 9.17) is 5.11 Å². The molecule has 13 heavy (non-hydrogen) atoms. The Hall–Kier alpha value is -0.840. The van der Waals surface area contributed by atoms with E-state index in [2.05, 4.69) is 0 Å². The summed E-state index contributed by atoms with van der Waals surface area (Å²) >= 11 is 0. The van der Waals surface area contributed by atoms with Crippen LogP contribution in [0.25, 0.3) is 0 Å². The van der Waals surface area contributed by atoms with Crippen molar-refractivity contribution in [2.24, 2.45) is 0 Å². The molecule has 0 amide bonds. The number of carboxylic acids is 1. The van der Waals surface area contributed by atoms with Crippen LogP contribution in [0.3, 0.4) is 0 Å². The molecule has 0 unspecified atom stereocenters. The summed E-state index contributed by atoms with van der Waals surface area (Å²) in [7, 11) is -2.55. The van der Waals surface area contributed by atoms with Crippen LogP contribution >= 0.6 is 0 Å². The summed E-state index contributed by atoms with van der Waals surface area (Å²) < 4.78 is 20.9. The fourth-order valence-corrected chi connectivity index (χ4v) is 2.38. The SMILES string of the molecule is CC=CC(=O)O.O=S1(=O)CCCC1. The molecular weight excluding hydrogens is 192 g/mol. The molecular formula is C8H14O4S. The van der Waals surface area contributed by atoms with Gasteiger partial charge in [-0.3, -0.25) is 0 Å². The normalized spacial score (nSPS) is 19.5. The zero-order valence-corrected chi connectivity index (χ0v) is 8.38. The van der Waals surface area contributed by atoms with Gasteiger partial charge in [0.25, 0.3) is 0 Å². The van der Waals surface area contributed by atoms with E-state index in [1.165, 1.54) is 6.08 Å². The van der Waals surface area contributed by atoms with Crippen molar-refractivity contribution in [1.82, 2.24) is 0 Å². The fraction of sp³-hybridized carbons (Fsp3) is 0.625. The van der Waals surface area contributed by atoms with Crippen LogP contribution < -0.4 is 0 Å². The Morgan fingerprint density at radius 3 is 1.85 bits per heavy atom. The number of allylic oxidation sites excluding steroid dienone is 1. The van der Waals surface area contributed by atoms with Crippen LogP contribution in [0.1, 0.15) is 19.8 Å². The standard InChI is InChI=1S/C4H8O2S.C4H6O2/c5-7(6)3-1-2-4-7;1-2-3-4(5)6/h1-4H2;2-3H,1H3,(H,5,6). The predicted octanol–water partition coefficient (Wildman–Crippen LogP) is 0.842. The van der Waals surface area contributed by atoms with Crippen LogP contribution in [0.4, 0.5) is 0 Å². The largest absolute Gasteiger partial charge is 0.478 e. The molecule has 76 valence electrons. The van der Waals surface area contributed by atoms with Crippen LogP contribution in [0.2, 0.25) is 0 Å². The first-order valence-electron chi connectivity index (χ1n) is 4.04. The first kappa shape index (κ1) is 12.2. The summed E-state index contributed by atoms with van der Waals surface area (Å²) in [5, 5.41) is 7.83. The highest BCUT2D eigenvalue weighted by molar-refractivity contribution is 7.91. The lowest BCUT2D eigenvalue weighted by Gasteiger charge is -1.81. The molecule has 0 saturated carbocycles. The second-order valence-electron chi connectivity index (χ2n) is 2.70. The Morgan fingerprint density at radius 1 is 1.31 bits per heavy atom. The quantitative estimate of drug-likeness (QED) is 0.645. The monoisotopic (exact) mass is 206 g/mol. The van der Waals surface area contributed by atoms with Crippen molar-refractivity contribution < 1.29 is 18.3 Å². The highest BCUT2D eigenvalue weighted by Gasteiger charge is 2.16. The van der Waals surface area contributed by atoms with Crippen molar-refractivity contribution >= 4 is 15.8 Å². The van der Waals surface area contributed by atoms with Crippen LogP contribution in [0.15, 0.2) is 12.2 Å². The zero-order valence-electron chi connectivity index (χ0n) is 7.56. The van der Waals surface area contributed by atoms with Crippen molar-refractivity contribution in [3.05, 3.63) is 12.2 Å². The Kier molecular flexibility index (Phi) is 5.37. The summed E-state index contributed by atoms with van der Waals surface area (Å²) in [6, 6.07) is 0. The minimum Gasteiger partial charge on any atom is -0.478 e. The lowest BCUT2D eigenvalue weighted by atomic mass is 10.4. The Labute approximate surface area is 78.2 Å².